The number of carbonyl (C=O) groups excluding carboxylic acids is 1. The van der Waals surface area contributed by atoms with Gasteiger partial charge in [-0.2, -0.15) is 0 Å². The van der Waals surface area contributed by atoms with Crippen LogP contribution in [0.15, 0.2) is 18.2 Å². The van der Waals surface area contributed by atoms with Crippen molar-refractivity contribution in [1.82, 2.24) is 0 Å². The number of ether oxygens (including phenoxy) is 1. The zero-order valence-electron chi connectivity index (χ0n) is 7.71. The third kappa shape index (κ3) is 2.61. The number of benzene rings is 1. The zero-order valence-corrected chi connectivity index (χ0v) is 9.30. The summed E-state index contributed by atoms with van der Waals surface area (Å²) in [6, 6.07) is 5.24. The maximum Gasteiger partial charge on any atom is 0.153 e. The highest BCUT2D eigenvalue weighted by Gasteiger charge is 2.01. The van der Waals surface area contributed by atoms with E-state index in [0.29, 0.717) is 16.6 Å². The number of aldehydes is 1. The molecule has 0 fully saturated rings. The van der Waals surface area contributed by atoms with E-state index in [0.717, 1.165) is 11.8 Å². The van der Waals surface area contributed by atoms with Crippen molar-refractivity contribution in [3.63, 3.8) is 0 Å². The number of carbonyl (C=O) groups is 1. The third-order valence-corrected chi connectivity index (χ3v) is 1.94. The summed E-state index contributed by atoms with van der Waals surface area (Å²) in [5.74, 6) is 6.36. The summed E-state index contributed by atoms with van der Waals surface area (Å²) >= 11 is 3.21. The lowest BCUT2D eigenvalue weighted by Crippen LogP contribution is -1.90. The molecule has 0 heterocycles. The fraction of sp³-hybridized carbons (Fsp3) is 0.182. The number of hydrogen-bond acceptors (Lipinski definition) is 2. The van der Waals surface area contributed by atoms with Crippen molar-refractivity contribution in [2.24, 2.45) is 0 Å². The second kappa shape index (κ2) is 5.46. The van der Waals surface area contributed by atoms with Crippen molar-refractivity contribution in [2.45, 2.75) is 0 Å². The SMILES string of the molecule is COc1cc(C#CCBr)ccc1C=O. The smallest absolute Gasteiger partial charge is 0.153 e. The Bertz CT molecular complexity index is 388. The molecule has 0 aliphatic heterocycles. The Morgan fingerprint density at radius 3 is 2.93 bits per heavy atom. The van der Waals surface area contributed by atoms with Gasteiger partial charge in [0.25, 0.3) is 0 Å². The first kappa shape index (κ1) is 10.8. The molecule has 0 radical (unpaired) electrons. The largest absolute Gasteiger partial charge is 0.496 e. The Labute approximate surface area is 91.4 Å². The first-order chi connectivity index (χ1) is 6.81. The molecule has 72 valence electrons. The lowest BCUT2D eigenvalue weighted by atomic mass is 10.1. The van der Waals surface area contributed by atoms with Crippen LogP contribution < -0.4 is 4.74 Å². The van der Waals surface area contributed by atoms with Crippen LogP contribution in [0.3, 0.4) is 0 Å². The molecule has 0 saturated carbocycles. The van der Waals surface area contributed by atoms with Crippen molar-refractivity contribution < 1.29 is 9.53 Å². The molecule has 0 amide bonds. The number of halogens is 1. The lowest BCUT2D eigenvalue weighted by molar-refractivity contribution is 0.112. The minimum absolute atomic E-state index is 0.539. The van der Waals surface area contributed by atoms with Gasteiger partial charge in [0.15, 0.2) is 6.29 Å². The van der Waals surface area contributed by atoms with Gasteiger partial charge in [0.05, 0.1) is 18.0 Å². The van der Waals surface area contributed by atoms with E-state index in [9.17, 15) is 4.79 Å². The molecule has 0 aromatic heterocycles. The van der Waals surface area contributed by atoms with Crippen molar-refractivity contribution in [3.05, 3.63) is 29.3 Å². The van der Waals surface area contributed by atoms with Crippen molar-refractivity contribution in [2.75, 3.05) is 12.4 Å². The van der Waals surface area contributed by atoms with Crippen LogP contribution in [0.25, 0.3) is 0 Å². The van der Waals surface area contributed by atoms with E-state index in [-0.39, 0.29) is 0 Å². The van der Waals surface area contributed by atoms with Gasteiger partial charge in [0, 0.05) is 5.56 Å². The maximum absolute atomic E-state index is 10.6. The topological polar surface area (TPSA) is 26.3 Å². The van der Waals surface area contributed by atoms with Crippen LogP contribution in [-0.2, 0) is 0 Å². The molecule has 14 heavy (non-hydrogen) atoms. The summed E-state index contributed by atoms with van der Waals surface area (Å²) in [6.07, 6.45) is 0.764. The summed E-state index contributed by atoms with van der Waals surface area (Å²) in [5.41, 5.74) is 1.38. The monoisotopic (exact) mass is 252 g/mol. The highest BCUT2D eigenvalue weighted by molar-refractivity contribution is 9.09. The Balaban J connectivity index is 3.07. The molecule has 0 atom stereocenters. The maximum atomic E-state index is 10.6. The summed E-state index contributed by atoms with van der Waals surface area (Å²) in [5, 5.41) is 0.630. The van der Waals surface area contributed by atoms with E-state index >= 15 is 0 Å². The van der Waals surface area contributed by atoms with E-state index in [1.54, 1.807) is 18.2 Å². The molecule has 1 aromatic rings. The number of methoxy groups -OCH3 is 1. The van der Waals surface area contributed by atoms with Crippen LogP contribution >= 0.6 is 15.9 Å². The van der Waals surface area contributed by atoms with E-state index < -0.39 is 0 Å². The molecule has 0 unspecified atom stereocenters. The van der Waals surface area contributed by atoms with Gasteiger partial charge in [-0.15, -0.1) is 0 Å². The summed E-state index contributed by atoms with van der Waals surface area (Å²) in [4.78, 5) is 10.6. The first-order valence-electron chi connectivity index (χ1n) is 4.00. The van der Waals surface area contributed by atoms with Gasteiger partial charge in [0.1, 0.15) is 5.75 Å². The van der Waals surface area contributed by atoms with Crippen LogP contribution in [0.2, 0.25) is 0 Å². The van der Waals surface area contributed by atoms with E-state index in [2.05, 4.69) is 27.8 Å². The minimum atomic E-state index is 0.539. The normalized spacial score (nSPS) is 8.71. The van der Waals surface area contributed by atoms with Gasteiger partial charge < -0.3 is 4.74 Å². The van der Waals surface area contributed by atoms with Crippen LogP contribution in [0.5, 0.6) is 5.75 Å². The standard InChI is InChI=1S/C11H9BrO2/c1-14-11-7-9(3-2-6-12)4-5-10(11)8-13/h4-5,7-8H,6H2,1H3. The Morgan fingerprint density at radius 2 is 2.36 bits per heavy atom. The highest BCUT2D eigenvalue weighted by Crippen LogP contribution is 2.17. The molecule has 0 aliphatic rings. The quantitative estimate of drug-likeness (QED) is 0.459. The molecule has 3 heteroatoms. The van der Waals surface area contributed by atoms with Crippen molar-refractivity contribution in [3.8, 4) is 17.6 Å². The summed E-state index contributed by atoms with van der Waals surface area (Å²) in [6.45, 7) is 0. The van der Waals surface area contributed by atoms with Crippen LogP contribution in [-0.4, -0.2) is 18.7 Å². The lowest BCUT2D eigenvalue weighted by Gasteiger charge is -2.02. The first-order valence-corrected chi connectivity index (χ1v) is 5.12. The van der Waals surface area contributed by atoms with Crippen LogP contribution in [0, 0.1) is 11.8 Å². The Kier molecular flexibility index (Phi) is 4.21. The van der Waals surface area contributed by atoms with E-state index in [1.807, 2.05) is 0 Å². The number of hydrogen-bond donors (Lipinski definition) is 0. The second-order valence-corrected chi connectivity index (χ2v) is 3.07. The molecule has 0 saturated heterocycles. The minimum Gasteiger partial charge on any atom is -0.496 e. The molecule has 1 rings (SSSR count). The van der Waals surface area contributed by atoms with Gasteiger partial charge in [-0.3, -0.25) is 4.79 Å². The average Bonchev–Trinajstić information content (AvgIpc) is 2.25. The predicted octanol–water partition coefficient (Wildman–Crippen LogP) is 2.25. The molecular formula is C11H9BrO2. The van der Waals surface area contributed by atoms with Gasteiger partial charge in [-0.1, -0.05) is 27.8 Å². The molecule has 0 bridgehead atoms. The van der Waals surface area contributed by atoms with Gasteiger partial charge in [0.2, 0.25) is 0 Å². The molecule has 1 aromatic carbocycles. The Hall–Kier alpha value is -1.27. The Morgan fingerprint density at radius 1 is 1.57 bits per heavy atom. The molecule has 0 N–H and O–H groups in total. The fourth-order valence-corrected chi connectivity index (χ4v) is 1.16. The number of rotatable bonds is 2. The number of alkyl halides is 1. The van der Waals surface area contributed by atoms with Crippen LogP contribution in [0.1, 0.15) is 15.9 Å². The van der Waals surface area contributed by atoms with Gasteiger partial charge in [-0.25, -0.2) is 0 Å². The van der Waals surface area contributed by atoms with E-state index in [4.69, 9.17) is 4.74 Å². The van der Waals surface area contributed by atoms with Crippen LogP contribution in [0.4, 0.5) is 0 Å². The van der Waals surface area contributed by atoms with Gasteiger partial charge in [-0.05, 0) is 18.2 Å². The highest BCUT2D eigenvalue weighted by atomic mass is 79.9. The summed E-state index contributed by atoms with van der Waals surface area (Å²) < 4.78 is 5.05. The fourth-order valence-electron chi connectivity index (χ4n) is 1.02. The molecule has 0 aliphatic carbocycles. The molecule has 0 spiro atoms. The summed E-state index contributed by atoms with van der Waals surface area (Å²) in [7, 11) is 1.53. The third-order valence-electron chi connectivity index (χ3n) is 1.66. The van der Waals surface area contributed by atoms with Crippen molar-refractivity contribution >= 4 is 22.2 Å². The second-order valence-electron chi connectivity index (χ2n) is 2.51. The van der Waals surface area contributed by atoms with Gasteiger partial charge >= 0.3 is 0 Å². The predicted molar refractivity (Wildman–Crippen MR) is 59.1 cm³/mol. The molecular weight excluding hydrogens is 244 g/mol. The average molecular weight is 253 g/mol. The zero-order chi connectivity index (χ0) is 10.4. The van der Waals surface area contributed by atoms with Crippen molar-refractivity contribution in [1.29, 1.82) is 0 Å². The molecule has 2 nitrogen and oxygen atoms in total. The van der Waals surface area contributed by atoms with E-state index in [1.165, 1.54) is 7.11 Å².